The van der Waals surface area contributed by atoms with Gasteiger partial charge in [0.05, 0.1) is 5.69 Å². The molecule has 0 atom stereocenters. The monoisotopic (exact) mass is 719 g/mol. The first-order chi connectivity index (χ1) is 27.0. The summed E-state index contributed by atoms with van der Waals surface area (Å²) < 4.78 is 2.60. The van der Waals surface area contributed by atoms with E-state index in [0.717, 1.165) is 17.1 Å². The Balaban J connectivity index is 1.21. The lowest BCUT2D eigenvalue weighted by Gasteiger charge is -2.30. The summed E-state index contributed by atoms with van der Waals surface area (Å²) in [6.45, 7) is 4.71. The zero-order valence-electron chi connectivity index (χ0n) is 30.8. The molecule has 0 radical (unpaired) electrons. The van der Waals surface area contributed by atoms with E-state index in [0.29, 0.717) is 0 Å². The quantitative estimate of drug-likeness (QED) is 0.171. The van der Waals surface area contributed by atoms with Crippen molar-refractivity contribution in [3.8, 4) is 33.4 Å². The molecule has 0 bridgehead atoms. The Labute approximate surface area is 325 Å². The minimum Gasteiger partial charge on any atom is -0.310 e. The third-order valence-corrected chi connectivity index (χ3v) is 13.0. The van der Waals surface area contributed by atoms with E-state index in [4.69, 9.17) is 0 Å². The van der Waals surface area contributed by atoms with Crippen LogP contribution in [0.5, 0.6) is 0 Å². The van der Waals surface area contributed by atoms with Gasteiger partial charge in [0.15, 0.2) is 0 Å². The van der Waals surface area contributed by atoms with Crippen molar-refractivity contribution in [3.63, 3.8) is 0 Å². The van der Waals surface area contributed by atoms with Crippen LogP contribution < -0.4 is 4.90 Å². The minimum atomic E-state index is -0.0719. The van der Waals surface area contributed by atoms with Crippen LogP contribution in [0.1, 0.15) is 25.0 Å². The summed E-state index contributed by atoms with van der Waals surface area (Å²) in [7, 11) is 0. The Morgan fingerprint density at radius 1 is 0.400 bits per heavy atom. The molecule has 260 valence electrons. The number of fused-ring (bicyclic) bond motifs is 8. The summed E-state index contributed by atoms with van der Waals surface area (Å²) in [6.07, 6.45) is 0. The smallest absolute Gasteiger partial charge is 0.0546 e. The van der Waals surface area contributed by atoms with Crippen molar-refractivity contribution in [1.82, 2.24) is 0 Å². The van der Waals surface area contributed by atoms with Crippen molar-refractivity contribution in [3.05, 3.63) is 199 Å². The van der Waals surface area contributed by atoms with Crippen molar-refractivity contribution in [2.75, 3.05) is 4.90 Å². The lowest BCUT2D eigenvalue weighted by atomic mass is 9.82. The second kappa shape index (κ2) is 12.3. The fourth-order valence-corrected chi connectivity index (χ4v) is 10.2. The molecule has 1 aliphatic rings. The van der Waals surface area contributed by atoms with Gasteiger partial charge in [-0.25, -0.2) is 0 Å². The molecule has 1 heterocycles. The van der Waals surface area contributed by atoms with Gasteiger partial charge in [0.1, 0.15) is 0 Å². The lowest BCUT2D eigenvalue weighted by Crippen LogP contribution is -2.15. The van der Waals surface area contributed by atoms with Crippen LogP contribution in [0, 0.1) is 0 Å². The van der Waals surface area contributed by atoms with Crippen molar-refractivity contribution in [2.45, 2.75) is 19.3 Å². The zero-order chi connectivity index (χ0) is 36.7. The van der Waals surface area contributed by atoms with Crippen molar-refractivity contribution < 1.29 is 0 Å². The van der Waals surface area contributed by atoms with Gasteiger partial charge in [0, 0.05) is 42.5 Å². The second-order valence-electron chi connectivity index (χ2n) is 15.3. The van der Waals surface area contributed by atoms with E-state index in [9.17, 15) is 0 Å². The van der Waals surface area contributed by atoms with E-state index in [2.05, 4.69) is 207 Å². The summed E-state index contributed by atoms with van der Waals surface area (Å²) in [5.41, 5.74) is 13.6. The molecule has 0 amide bonds. The highest BCUT2D eigenvalue weighted by atomic mass is 32.1. The zero-order valence-corrected chi connectivity index (χ0v) is 31.6. The highest BCUT2D eigenvalue weighted by molar-refractivity contribution is 7.25. The molecule has 55 heavy (non-hydrogen) atoms. The average molecular weight is 720 g/mol. The van der Waals surface area contributed by atoms with E-state index >= 15 is 0 Å². The average Bonchev–Trinajstić information content (AvgIpc) is 3.71. The molecule has 0 aliphatic heterocycles. The SMILES string of the molecule is CC1(C)c2ccccc2-c2cc(N(c3ccc4c(c3)sc3ccccc34)c3cccc(-c4ccc5ccccc5c4)c3-c3ccc4ccccc4c3)ccc21. The molecule has 9 aromatic carbocycles. The van der Waals surface area contributed by atoms with Crippen LogP contribution >= 0.6 is 11.3 Å². The third-order valence-electron chi connectivity index (χ3n) is 11.8. The maximum Gasteiger partial charge on any atom is 0.0546 e. The molecule has 11 rings (SSSR count). The lowest BCUT2D eigenvalue weighted by molar-refractivity contribution is 0.660. The Morgan fingerprint density at radius 3 is 1.82 bits per heavy atom. The number of thiophene rings is 1. The number of nitrogens with zero attached hydrogens (tertiary/aromatic N) is 1. The Hall–Kier alpha value is -6.48. The fraction of sp³-hybridized carbons (Fsp3) is 0.0566. The van der Waals surface area contributed by atoms with Gasteiger partial charge in [-0.1, -0.05) is 153 Å². The van der Waals surface area contributed by atoms with E-state index in [1.54, 1.807) is 0 Å². The van der Waals surface area contributed by atoms with Gasteiger partial charge in [-0.2, -0.15) is 0 Å². The van der Waals surface area contributed by atoms with Crippen molar-refractivity contribution in [2.24, 2.45) is 0 Å². The molecule has 1 aliphatic carbocycles. The molecular weight excluding hydrogens is 683 g/mol. The Kier molecular flexibility index (Phi) is 7.14. The molecule has 1 aromatic heterocycles. The topological polar surface area (TPSA) is 3.24 Å². The van der Waals surface area contributed by atoms with Gasteiger partial charge in [-0.3, -0.25) is 0 Å². The summed E-state index contributed by atoms with van der Waals surface area (Å²) >= 11 is 1.87. The fourth-order valence-electron chi connectivity index (χ4n) is 9.10. The molecule has 1 nitrogen and oxygen atoms in total. The van der Waals surface area contributed by atoms with E-state index in [1.165, 1.54) is 86.2 Å². The first kappa shape index (κ1) is 32.0. The van der Waals surface area contributed by atoms with Crippen LogP contribution in [-0.4, -0.2) is 0 Å². The van der Waals surface area contributed by atoms with Crippen LogP contribution in [-0.2, 0) is 5.41 Å². The van der Waals surface area contributed by atoms with Gasteiger partial charge < -0.3 is 4.90 Å². The molecule has 0 N–H and O–H groups in total. The molecule has 2 heteroatoms. The van der Waals surface area contributed by atoms with E-state index in [-0.39, 0.29) is 5.41 Å². The van der Waals surface area contributed by atoms with E-state index < -0.39 is 0 Å². The Bertz CT molecular complexity index is 3150. The van der Waals surface area contributed by atoms with Gasteiger partial charge in [0.2, 0.25) is 0 Å². The van der Waals surface area contributed by atoms with Gasteiger partial charge in [-0.15, -0.1) is 11.3 Å². The molecule has 0 saturated heterocycles. The number of hydrogen-bond acceptors (Lipinski definition) is 2. The third kappa shape index (κ3) is 5.06. The summed E-state index contributed by atoms with van der Waals surface area (Å²) in [4.78, 5) is 2.51. The molecular formula is C53H37NS. The predicted octanol–water partition coefficient (Wildman–Crippen LogP) is 15.5. The van der Waals surface area contributed by atoms with Crippen LogP contribution in [0.3, 0.4) is 0 Å². The van der Waals surface area contributed by atoms with Crippen molar-refractivity contribution >= 4 is 70.1 Å². The molecule has 0 fully saturated rings. The van der Waals surface area contributed by atoms with E-state index in [1.807, 2.05) is 11.3 Å². The van der Waals surface area contributed by atoms with Gasteiger partial charge >= 0.3 is 0 Å². The van der Waals surface area contributed by atoms with Gasteiger partial charge in [-0.05, 0) is 109 Å². The van der Waals surface area contributed by atoms with Gasteiger partial charge in [0.25, 0.3) is 0 Å². The van der Waals surface area contributed by atoms with Crippen LogP contribution in [0.4, 0.5) is 17.1 Å². The van der Waals surface area contributed by atoms with Crippen molar-refractivity contribution in [1.29, 1.82) is 0 Å². The molecule has 0 unspecified atom stereocenters. The minimum absolute atomic E-state index is 0.0719. The first-order valence-electron chi connectivity index (χ1n) is 19.1. The number of rotatable bonds is 5. The number of hydrogen-bond donors (Lipinski definition) is 0. The number of anilines is 3. The summed E-state index contributed by atoms with van der Waals surface area (Å²) in [5.74, 6) is 0. The molecule has 0 saturated carbocycles. The predicted molar refractivity (Wildman–Crippen MR) is 237 cm³/mol. The Morgan fingerprint density at radius 2 is 1.00 bits per heavy atom. The summed E-state index contributed by atoms with van der Waals surface area (Å²) in [6, 6.07) is 69.9. The standard InChI is InChI=1S/C53H37NS/c1-53(2)47-19-9-7-16-43(47)46-32-40(27-29-48(46)53)54(41-26-28-45-44-17-8-10-21-50(44)55-51(45)33-41)49-20-11-18-42(38-24-22-34-12-3-5-14-36(34)30-38)52(49)39-25-23-35-13-4-6-15-37(35)31-39/h3-33H,1-2H3. The first-order valence-corrected chi connectivity index (χ1v) is 19.9. The molecule has 10 aromatic rings. The molecule has 0 spiro atoms. The highest BCUT2D eigenvalue weighted by Gasteiger charge is 2.35. The number of benzene rings is 9. The van der Waals surface area contributed by atoms with Crippen LogP contribution in [0.15, 0.2) is 188 Å². The maximum absolute atomic E-state index is 2.51. The highest BCUT2D eigenvalue weighted by Crippen LogP contribution is 2.52. The largest absolute Gasteiger partial charge is 0.310 e. The van der Waals surface area contributed by atoms with Crippen LogP contribution in [0.2, 0.25) is 0 Å². The maximum atomic E-state index is 2.51. The van der Waals surface area contributed by atoms with Crippen LogP contribution in [0.25, 0.3) is 75.1 Å². The second-order valence-corrected chi connectivity index (χ2v) is 16.4. The summed E-state index contributed by atoms with van der Waals surface area (Å²) in [5, 5.41) is 7.56. The normalized spacial score (nSPS) is 13.1.